The molecule has 172 valence electrons. The first-order valence-corrected chi connectivity index (χ1v) is 11.6. The summed E-state index contributed by atoms with van der Waals surface area (Å²) in [5.74, 6) is -0.919. The van der Waals surface area contributed by atoms with Crippen molar-refractivity contribution in [2.45, 2.75) is 59.3 Å². The van der Waals surface area contributed by atoms with Gasteiger partial charge in [0.15, 0.2) is 0 Å². The third kappa shape index (κ3) is 7.88. The molecule has 0 radical (unpaired) electrons. The van der Waals surface area contributed by atoms with Crippen molar-refractivity contribution in [1.29, 1.82) is 0 Å². The van der Waals surface area contributed by atoms with Crippen molar-refractivity contribution < 1.29 is 14.7 Å². The molecule has 5 nitrogen and oxygen atoms in total. The molecule has 0 saturated heterocycles. The number of hydrogen-bond donors (Lipinski definition) is 2. The molecule has 0 heterocycles. The maximum Gasteiger partial charge on any atom is 0.331 e. The number of nitrogens with zero attached hydrogens (tertiary/aromatic N) is 1. The predicted molar refractivity (Wildman–Crippen MR) is 133 cm³/mol. The third-order valence-corrected chi connectivity index (χ3v) is 5.37. The van der Waals surface area contributed by atoms with E-state index in [4.69, 9.17) is 5.11 Å². The monoisotopic (exact) mass is 436 g/mol. The fourth-order valence-corrected chi connectivity index (χ4v) is 3.53. The van der Waals surface area contributed by atoms with Crippen LogP contribution < -0.4 is 10.2 Å². The van der Waals surface area contributed by atoms with Gasteiger partial charge in [-0.1, -0.05) is 75.9 Å². The number of rotatable bonds is 12. The van der Waals surface area contributed by atoms with Crippen LogP contribution in [-0.2, 0) is 4.79 Å². The van der Waals surface area contributed by atoms with E-state index in [0.717, 1.165) is 41.6 Å². The van der Waals surface area contributed by atoms with Gasteiger partial charge in [-0.2, -0.15) is 0 Å². The van der Waals surface area contributed by atoms with E-state index in [9.17, 15) is 9.59 Å². The molecule has 0 unspecified atom stereocenters. The highest BCUT2D eigenvalue weighted by Gasteiger charge is 2.15. The number of carboxylic acids is 1. The molecule has 32 heavy (non-hydrogen) atoms. The maximum absolute atomic E-state index is 12.8. The standard InChI is InChI=1S/C27H36N2O3/c1-4-6-7-8-9-17-28-27(32)29(18-5-2)25-12-10-11-24(20-25)23-15-13-22(14-16-23)19-21(3)26(30)31/h10-16,19-20H,4-9,17-18H2,1-3H3,(H,28,32)(H,30,31). The Morgan fingerprint density at radius 3 is 2.31 bits per heavy atom. The zero-order valence-electron chi connectivity index (χ0n) is 19.6. The number of unbranched alkanes of at least 4 members (excludes halogenated alkanes) is 4. The van der Waals surface area contributed by atoms with Crippen LogP contribution in [0.1, 0.15) is 64.9 Å². The molecule has 2 rings (SSSR count). The van der Waals surface area contributed by atoms with Crippen LogP contribution in [0.2, 0.25) is 0 Å². The molecule has 2 aromatic rings. The number of urea groups is 1. The first-order chi connectivity index (χ1) is 15.5. The summed E-state index contributed by atoms with van der Waals surface area (Å²) in [5.41, 5.74) is 4.05. The second-order valence-corrected chi connectivity index (χ2v) is 8.10. The van der Waals surface area contributed by atoms with E-state index in [1.54, 1.807) is 13.0 Å². The Hall–Kier alpha value is -3.08. The Labute approximate surface area is 192 Å². The van der Waals surface area contributed by atoms with Gasteiger partial charge in [0.05, 0.1) is 0 Å². The van der Waals surface area contributed by atoms with Gasteiger partial charge in [0.25, 0.3) is 0 Å². The molecular weight excluding hydrogens is 400 g/mol. The van der Waals surface area contributed by atoms with E-state index in [1.165, 1.54) is 19.3 Å². The van der Waals surface area contributed by atoms with Crippen LogP contribution in [0, 0.1) is 0 Å². The first-order valence-electron chi connectivity index (χ1n) is 11.6. The molecule has 0 fully saturated rings. The van der Waals surface area contributed by atoms with Gasteiger partial charge < -0.3 is 10.4 Å². The van der Waals surface area contributed by atoms with Gasteiger partial charge >= 0.3 is 12.0 Å². The Morgan fingerprint density at radius 1 is 0.938 bits per heavy atom. The zero-order valence-corrected chi connectivity index (χ0v) is 19.6. The topological polar surface area (TPSA) is 69.6 Å². The number of aliphatic carboxylic acids is 1. The molecule has 0 bridgehead atoms. The van der Waals surface area contributed by atoms with Crippen molar-refractivity contribution in [2.75, 3.05) is 18.0 Å². The molecule has 0 saturated carbocycles. The minimum absolute atomic E-state index is 0.0517. The van der Waals surface area contributed by atoms with E-state index >= 15 is 0 Å². The van der Waals surface area contributed by atoms with E-state index in [2.05, 4.69) is 19.2 Å². The summed E-state index contributed by atoms with van der Waals surface area (Å²) < 4.78 is 0. The average Bonchev–Trinajstić information content (AvgIpc) is 2.80. The summed E-state index contributed by atoms with van der Waals surface area (Å²) in [7, 11) is 0. The molecule has 2 N–H and O–H groups in total. The van der Waals surface area contributed by atoms with Crippen molar-refractivity contribution in [3.63, 3.8) is 0 Å². The maximum atomic E-state index is 12.8. The van der Waals surface area contributed by atoms with E-state index in [0.29, 0.717) is 18.7 Å². The van der Waals surface area contributed by atoms with Gasteiger partial charge in [-0.25, -0.2) is 9.59 Å². The number of carbonyl (C=O) groups is 2. The molecule has 2 amide bonds. The average molecular weight is 437 g/mol. The van der Waals surface area contributed by atoms with Crippen molar-refractivity contribution >= 4 is 23.8 Å². The Bertz CT molecular complexity index is 903. The highest BCUT2D eigenvalue weighted by molar-refractivity contribution is 5.93. The number of hydrogen-bond acceptors (Lipinski definition) is 2. The van der Waals surface area contributed by atoms with Crippen molar-refractivity contribution in [3.05, 3.63) is 59.7 Å². The minimum Gasteiger partial charge on any atom is -0.478 e. The summed E-state index contributed by atoms with van der Waals surface area (Å²) in [6, 6.07) is 15.7. The largest absolute Gasteiger partial charge is 0.478 e. The number of anilines is 1. The number of carboxylic acid groups (broad SMARTS) is 1. The fraction of sp³-hybridized carbons (Fsp3) is 0.407. The SMILES string of the molecule is CCCCCCCNC(=O)N(CCC)c1cccc(-c2ccc(C=C(C)C(=O)O)cc2)c1. The number of amides is 2. The van der Waals surface area contributed by atoms with Crippen LogP contribution >= 0.6 is 0 Å². The second kappa shape index (κ2) is 13.4. The first kappa shape index (κ1) is 25.2. The summed E-state index contributed by atoms with van der Waals surface area (Å²) in [6.45, 7) is 7.21. The van der Waals surface area contributed by atoms with Crippen LogP contribution in [0.3, 0.4) is 0 Å². The quantitative estimate of drug-likeness (QED) is 0.286. The lowest BCUT2D eigenvalue weighted by atomic mass is 10.0. The molecule has 0 aliphatic carbocycles. The lowest BCUT2D eigenvalue weighted by molar-refractivity contribution is -0.132. The number of benzene rings is 2. The molecule has 0 aliphatic rings. The summed E-state index contributed by atoms with van der Waals surface area (Å²) in [6.07, 6.45) is 8.36. The van der Waals surface area contributed by atoms with E-state index < -0.39 is 5.97 Å². The summed E-state index contributed by atoms with van der Waals surface area (Å²) in [4.78, 5) is 25.7. The van der Waals surface area contributed by atoms with Crippen molar-refractivity contribution in [1.82, 2.24) is 5.32 Å². The van der Waals surface area contributed by atoms with Crippen LogP contribution in [0.15, 0.2) is 54.1 Å². The predicted octanol–water partition coefficient (Wildman–Crippen LogP) is 6.74. The van der Waals surface area contributed by atoms with Crippen LogP contribution in [0.4, 0.5) is 10.5 Å². The Kier molecular flexibility index (Phi) is 10.5. The highest BCUT2D eigenvalue weighted by atomic mass is 16.4. The van der Waals surface area contributed by atoms with Gasteiger partial charge in [0.1, 0.15) is 0 Å². The van der Waals surface area contributed by atoms with Crippen LogP contribution in [0.5, 0.6) is 0 Å². The van der Waals surface area contributed by atoms with E-state index in [1.807, 2.05) is 53.4 Å². The van der Waals surface area contributed by atoms with Gasteiger partial charge in [0.2, 0.25) is 0 Å². The lowest BCUT2D eigenvalue weighted by Crippen LogP contribution is -2.41. The molecule has 2 aromatic carbocycles. The van der Waals surface area contributed by atoms with Gasteiger partial charge in [0, 0.05) is 24.4 Å². The van der Waals surface area contributed by atoms with Crippen molar-refractivity contribution in [3.8, 4) is 11.1 Å². The molecular formula is C27H36N2O3. The molecule has 0 aromatic heterocycles. The number of nitrogens with one attached hydrogen (secondary N) is 1. The van der Waals surface area contributed by atoms with Crippen LogP contribution in [-0.4, -0.2) is 30.2 Å². The normalized spacial score (nSPS) is 11.3. The second-order valence-electron chi connectivity index (χ2n) is 8.10. The summed E-state index contributed by atoms with van der Waals surface area (Å²) >= 11 is 0. The lowest BCUT2D eigenvalue weighted by Gasteiger charge is -2.23. The van der Waals surface area contributed by atoms with Crippen LogP contribution in [0.25, 0.3) is 17.2 Å². The molecule has 0 aliphatic heterocycles. The molecule has 0 atom stereocenters. The van der Waals surface area contributed by atoms with Gasteiger partial charge in [-0.3, -0.25) is 4.90 Å². The van der Waals surface area contributed by atoms with E-state index in [-0.39, 0.29) is 6.03 Å². The fourth-order valence-electron chi connectivity index (χ4n) is 3.53. The summed E-state index contributed by atoms with van der Waals surface area (Å²) in [5, 5.41) is 12.1. The zero-order chi connectivity index (χ0) is 23.3. The third-order valence-electron chi connectivity index (χ3n) is 5.37. The van der Waals surface area contributed by atoms with Gasteiger partial charge in [-0.15, -0.1) is 0 Å². The Morgan fingerprint density at radius 2 is 1.66 bits per heavy atom. The van der Waals surface area contributed by atoms with Crippen molar-refractivity contribution in [2.24, 2.45) is 0 Å². The highest BCUT2D eigenvalue weighted by Crippen LogP contribution is 2.26. The van der Waals surface area contributed by atoms with Gasteiger partial charge in [-0.05, 0) is 54.7 Å². The molecule has 5 heteroatoms. The Balaban J connectivity index is 2.10. The minimum atomic E-state index is -0.919. The number of carbonyl (C=O) groups excluding carboxylic acids is 1. The smallest absolute Gasteiger partial charge is 0.331 e. The molecule has 0 spiro atoms.